The van der Waals surface area contributed by atoms with Crippen LogP contribution in [0.5, 0.6) is 0 Å². The topological polar surface area (TPSA) is 54.3 Å². The van der Waals surface area contributed by atoms with E-state index in [9.17, 15) is 4.79 Å². The normalized spacial score (nSPS) is 10.6. The fourth-order valence-corrected chi connectivity index (χ4v) is 2.22. The van der Waals surface area contributed by atoms with Crippen molar-refractivity contribution in [1.82, 2.24) is 5.32 Å². The maximum Gasteiger partial charge on any atom is 0.291 e. The van der Waals surface area contributed by atoms with Gasteiger partial charge in [0.2, 0.25) is 0 Å². The average molecular weight is 286 g/mol. The molecule has 0 spiro atoms. The minimum Gasteiger partial charge on any atom is -0.456 e. The first-order valence-electron chi connectivity index (χ1n) is 7.35. The van der Waals surface area contributed by atoms with Crippen LogP contribution in [0.15, 0.2) is 34.7 Å². The summed E-state index contributed by atoms with van der Waals surface area (Å²) in [5, 5.41) is 6.19. The molecule has 1 aromatic heterocycles. The Morgan fingerprint density at radius 3 is 2.67 bits per heavy atom. The standard InChI is InChI=1S/C17H22N2O2/c1-4-15-12(3)10-16(21-15)17(20)19-14-9-7-6-8-13(14)11-18-5-2/h6-10,18H,4-5,11H2,1-3H3,(H,19,20). The monoisotopic (exact) mass is 286 g/mol. The van der Waals surface area contributed by atoms with Gasteiger partial charge >= 0.3 is 0 Å². The predicted molar refractivity (Wildman–Crippen MR) is 84.6 cm³/mol. The molecule has 4 heteroatoms. The van der Waals surface area contributed by atoms with Gasteiger partial charge in [0.05, 0.1) is 0 Å². The molecule has 0 unspecified atom stereocenters. The van der Waals surface area contributed by atoms with Gasteiger partial charge in [0, 0.05) is 18.7 Å². The SMILES string of the molecule is CCNCc1ccccc1NC(=O)c1cc(C)c(CC)o1. The lowest BCUT2D eigenvalue weighted by Crippen LogP contribution is -2.16. The molecule has 0 radical (unpaired) electrons. The van der Waals surface area contributed by atoms with Crippen molar-refractivity contribution >= 4 is 11.6 Å². The summed E-state index contributed by atoms with van der Waals surface area (Å²) in [6.07, 6.45) is 0.788. The number of carbonyl (C=O) groups excluding carboxylic acids is 1. The summed E-state index contributed by atoms with van der Waals surface area (Å²) < 4.78 is 5.59. The van der Waals surface area contributed by atoms with Gasteiger partial charge in [-0.15, -0.1) is 0 Å². The van der Waals surface area contributed by atoms with Crippen molar-refractivity contribution in [3.8, 4) is 0 Å². The smallest absolute Gasteiger partial charge is 0.291 e. The van der Waals surface area contributed by atoms with E-state index in [1.807, 2.05) is 38.1 Å². The van der Waals surface area contributed by atoms with Crippen LogP contribution in [0, 0.1) is 6.92 Å². The van der Waals surface area contributed by atoms with Crippen LogP contribution < -0.4 is 10.6 Å². The number of aryl methyl sites for hydroxylation is 2. The number of anilines is 1. The number of hydrogen-bond donors (Lipinski definition) is 2. The van der Waals surface area contributed by atoms with Crippen LogP contribution in [-0.4, -0.2) is 12.5 Å². The van der Waals surface area contributed by atoms with E-state index in [4.69, 9.17) is 4.42 Å². The van der Waals surface area contributed by atoms with E-state index in [2.05, 4.69) is 17.6 Å². The Bertz CT molecular complexity index is 617. The first-order valence-corrected chi connectivity index (χ1v) is 7.35. The van der Waals surface area contributed by atoms with Crippen molar-refractivity contribution in [2.75, 3.05) is 11.9 Å². The van der Waals surface area contributed by atoms with E-state index >= 15 is 0 Å². The van der Waals surface area contributed by atoms with E-state index in [0.717, 1.165) is 42.1 Å². The number of amides is 1. The van der Waals surface area contributed by atoms with Crippen LogP contribution in [0.1, 0.15) is 41.3 Å². The Morgan fingerprint density at radius 2 is 2.00 bits per heavy atom. The van der Waals surface area contributed by atoms with Crippen LogP contribution >= 0.6 is 0 Å². The lowest BCUT2D eigenvalue weighted by Gasteiger charge is -2.10. The molecular weight excluding hydrogens is 264 g/mol. The van der Waals surface area contributed by atoms with Crippen LogP contribution in [0.2, 0.25) is 0 Å². The van der Waals surface area contributed by atoms with Crippen molar-refractivity contribution in [3.63, 3.8) is 0 Å². The number of furan rings is 1. The molecule has 21 heavy (non-hydrogen) atoms. The van der Waals surface area contributed by atoms with Gasteiger partial charge in [-0.1, -0.05) is 32.0 Å². The number of benzene rings is 1. The van der Waals surface area contributed by atoms with Crippen molar-refractivity contribution in [2.45, 2.75) is 33.7 Å². The van der Waals surface area contributed by atoms with E-state index in [1.54, 1.807) is 6.07 Å². The Hall–Kier alpha value is -2.07. The quantitative estimate of drug-likeness (QED) is 0.854. The van der Waals surface area contributed by atoms with Crippen molar-refractivity contribution in [3.05, 3.63) is 53.0 Å². The lowest BCUT2D eigenvalue weighted by atomic mass is 10.1. The third-order valence-corrected chi connectivity index (χ3v) is 3.40. The van der Waals surface area contributed by atoms with Gasteiger partial charge in [-0.05, 0) is 36.7 Å². The molecular formula is C17H22N2O2. The second-order valence-corrected chi connectivity index (χ2v) is 4.96. The second-order valence-electron chi connectivity index (χ2n) is 4.96. The predicted octanol–water partition coefficient (Wildman–Crippen LogP) is 3.51. The molecule has 0 aliphatic carbocycles. The summed E-state index contributed by atoms with van der Waals surface area (Å²) in [6, 6.07) is 9.58. The highest BCUT2D eigenvalue weighted by Gasteiger charge is 2.14. The highest BCUT2D eigenvalue weighted by atomic mass is 16.4. The Labute approximate surface area is 125 Å². The zero-order chi connectivity index (χ0) is 15.2. The van der Waals surface area contributed by atoms with E-state index in [1.165, 1.54) is 0 Å². The Morgan fingerprint density at radius 1 is 1.24 bits per heavy atom. The second kappa shape index (κ2) is 7.09. The lowest BCUT2D eigenvalue weighted by molar-refractivity contribution is 0.0995. The van der Waals surface area contributed by atoms with Gasteiger partial charge in [0.1, 0.15) is 5.76 Å². The molecule has 2 aromatic rings. The van der Waals surface area contributed by atoms with E-state index in [-0.39, 0.29) is 5.91 Å². The van der Waals surface area contributed by atoms with Crippen LogP contribution in [-0.2, 0) is 13.0 Å². The van der Waals surface area contributed by atoms with Crippen molar-refractivity contribution < 1.29 is 9.21 Å². The largest absolute Gasteiger partial charge is 0.456 e. The molecule has 2 N–H and O–H groups in total. The van der Waals surface area contributed by atoms with Gasteiger partial charge < -0.3 is 15.1 Å². The van der Waals surface area contributed by atoms with Gasteiger partial charge in [0.25, 0.3) is 5.91 Å². The van der Waals surface area contributed by atoms with Gasteiger partial charge in [-0.3, -0.25) is 4.79 Å². The maximum atomic E-state index is 12.3. The number of carbonyl (C=O) groups is 1. The Balaban J connectivity index is 2.15. The van der Waals surface area contributed by atoms with E-state index in [0.29, 0.717) is 5.76 Å². The van der Waals surface area contributed by atoms with Crippen LogP contribution in [0.25, 0.3) is 0 Å². The summed E-state index contributed by atoms with van der Waals surface area (Å²) in [6.45, 7) is 7.64. The zero-order valence-electron chi connectivity index (χ0n) is 12.8. The van der Waals surface area contributed by atoms with Crippen LogP contribution in [0.3, 0.4) is 0 Å². The summed E-state index contributed by atoms with van der Waals surface area (Å²) in [5.74, 6) is 1.02. The highest BCUT2D eigenvalue weighted by Crippen LogP contribution is 2.19. The molecule has 0 saturated heterocycles. The third kappa shape index (κ3) is 3.73. The van der Waals surface area contributed by atoms with Gasteiger partial charge in [0.15, 0.2) is 5.76 Å². The number of rotatable bonds is 6. The molecule has 0 atom stereocenters. The Kier molecular flexibility index (Phi) is 5.17. The average Bonchev–Trinajstić information content (AvgIpc) is 2.87. The molecule has 4 nitrogen and oxygen atoms in total. The molecule has 112 valence electrons. The fourth-order valence-electron chi connectivity index (χ4n) is 2.22. The zero-order valence-corrected chi connectivity index (χ0v) is 12.8. The molecule has 2 rings (SSSR count). The first kappa shape index (κ1) is 15.3. The number of hydrogen-bond acceptors (Lipinski definition) is 3. The number of nitrogens with one attached hydrogen (secondary N) is 2. The number of para-hydroxylation sites is 1. The first-order chi connectivity index (χ1) is 10.2. The summed E-state index contributed by atoms with van der Waals surface area (Å²) in [5.41, 5.74) is 2.89. The fraction of sp³-hybridized carbons (Fsp3) is 0.353. The van der Waals surface area contributed by atoms with Crippen LogP contribution in [0.4, 0.5) is 5.69 Å². The molecule has 0 fully saturated rings. The summed E-state index contributed by atoms with van der Waals surface area (Å²) >= 11 is 0. The van der Waals surface area contributed by atoms with Crippen molar-refractivity contribution in [1.29, 1.82) is 0 Å². The molecule has 1 amide bonds. The van der Waals surface area contributed by atoms with E-state index < -0.39 is 0 Å². The summed E-state index contributed by atoms with van der Waals surface area (Å²) in [4.78, 5) is 12.3. The molecule has 0 aliphatic heterocycles. The van der Waals surface area contributed by atoms with Gasteiger partial charge in [-0.2, -0.15) is 0 Å². The minimum atomic E-state index is -0.207. The highest BCUT2D eigenvalue weighted by molar-refractivity contribution is 6.02. The van der Waals surface area contributed by atoms with Gasteiger partial charge in [-0.25, -0.2) is 0 Å². The third-order valence-electron chi connectivity index (χ3n) is 3.40. The molecule has 1 heterocycles. The molecule has 1 aromatic carbocycles. The summed E-state index contributed by atoms with van der Waals surface area (Å²) in [7, 11) is 0. The minimum absolute atomic E-state index is 0.207. The maximum absolute atomic E-state index is 12.3. The van der Waals surface area contributed by atoms with Crippen molar-refractivity contribution in [2.24, 2.45) is 0 Å². The molecule has 0 aliphatic rings. The molecule has 0 bridgehead atoms. The molecule has 0 saturated carbocycles.